The van der Waals surface area contributed by atoms with Gasteiger partial charge in [-0.3, -0.25) is 0 Å². The van der Waals surface area contributed by atoms with Crippen molar-refractivity contribution in [2.45, 2.75) is 4.90 Å². The third-order valence-corrected chi connectivity index (χ3v) is 5.01. The Hall–Kier alpha value is -3.07. The Morgan fingerprint density at radius 1 is 1.03 bits per heavy atom. The van der Waals surface area contributed by atoms with Gasteiger partial charge in [0.05, 0.1) is 10.6 Å². The first-order valence-electron chi connectivity index (χ1n) is 8.96. The molecule has 8 heteroatoms. The fourth-order valence-electron chi connectivity index (χ4n) is 2.60. The number of likely N-dealkylation sites (N-methyl/N-ethyl adjacent to an activating group) is 1. The summed E-state index contributed by atoms with van der Waals surface area (Å²) in [6.45, 7) is 0.890. The molecule has 0 bridgehead atoms. The molecule has 1 aromatic heterocycles. The van der Waals surface area contributed by atoms with Crippen LogP contribution in [-0.2, 0) is 10.0 Å². The number of hydrogen-bond acceptors (Lipinski definition) is 6. The lowest BCUT2D eigenvalue weighted by Gasteiger charge is -2.08. The van der Waals surface area contributed by atoms with Gasteiger partial charge in [-0.05, 0) is 50.0 Å². The molecule has 0 saturated carbocycles. The van der Waals surface area contributed by atoms with Gasteiger partial charge in [0.2, 0.25) is 16.0 Å². The second-order valence-electron chi connectivity index (χ2n) is 6.75. The quantitative estimate of drug-likeness (QED) is 0.622. The van der Waals surface area contributed by atoms with Crippen molar-refractivity contribution in [3.8, 4) is 11.3 Å². The smallest absolute Gasteiger partial charge is 0.238 e. The zero-order valence-electron chi connectivity index (χ0n) is 16.3. The standard InChI is InChI=1S/C21H23N5O2S/c1-26(2)15-3-4-16-5-7-17(8-6-16)20-13-14-23-21(25-20)24-18-9-11-19(12-10-18)29(22,27)28/h3-14H,15H2,1-2H3,(H2,22,27,28)(H,23,24,25). The van der Waals surface area contributed by atoms with Crippen LogP contribution in [0.4, 0.5) is 11.6 Å². The molecular formula is C21H23N5O2S. The van der Waals surface area contributed by atoms with E-state index in [9.17, 15) is 8.42 Å². The minimum atomic E-state index is -3.72. The highest BCUT2D eigenvalue weighted by atomic mass is 32.2. The number of benzene rings is 2. The number of aromatic nitrogens is 2. The fraction of sp³-hybridized carbons (Fsp3) is 0.143. The van der Waals surface area contributed by atoms with E-state index in [-0.39, 0.29) is 4.90 Å². The maximum atomic E-state index is 11.3. The Morgan fingerprint density at radius 3 is 2.34 bits per heavy atom. The number of nitrogens with one attached hydrogen (secondary N) is 1. The van der Waals surface area contributed by atoms with E-state index < -0.39 is 10.0 Å². The van der Waals surface area contributed by atoms with Crippen LogP contribution in [-0.4, -0.2) is 43.9 Å². The van der Waals surface area contributed by atoms with Crippen LogP contribution in [0.3, 0.4) is 0 Å². The Bertz CT molecular complexity index is 1090. The van der Waals surface area contributed by atoms with Crippen LogP contribution in [0.5, 0.6) is 0 Å². The SMILES string of the molecule is CN(C)CC=Cc1ccc(-c2ccnc(Nc3ccc(S(N)(=O)=O)cc3)n2)cc1. The molecule has 2 aromatic carbocycles. The van der Waals surface area contributed by atoms with Crippen LogP contribution >= 0.6 is 0 Å². The average Bonchev–Trinajstić information content (AvgIpc) is 2.68. The molecule has 0 aliphatic carbocycles. The number of rotatable bonds is 7. The molecule has 0 saturated heterocycles. The van der Waals surface area contributed by atoms with Crippen molar-refractivity contribution in [3.05, 3.63) is 72.4 Å². The second-order valence-corrected chi connectivity index (χ2v) is 8.31. The Labute approximate surface area is 171 Å². The van der Waals surface area contributed by atoms with Crippen molar-refractivity contribution in [2.24, 2.45) is 5.14 Å². The summed E-state index contributed by atoms with van der Waals surface area (Å²) in [5, 5.41) is 8.18. The van der Waals surface area contributed by atoms with Gasteiger partial charge >= 0.3 is 0 Å². The predicted octanol–water partition coefficient (Wildman–Crippen LogP) is 3.11. The molecule has 0 aliphatic rings. The molecular weight excluding hydrogens is 386 g/mol. The Kier molecular flexibility index (Phi) is 6.38. The largest absolute Gasteiger partial charge is 0.324 e. The summed E-state index contributed by atoms with van der Waals surface area (Å²) in [6.07, 6.45) is 5.87. The van der Waals surface area contributed by atoms with Crippen LogP contribution in [0.1, 0.15) is 5.56 Å². The van der Waals surface area contributed by atoms with E-state index in [0.29, 0.717) is 11.6 Å². The van der Waals surface area contributed by atoms with E-state index in [2.05, 4.69) is 32.3 Å². The topological polar surface area (TPSA) is 101 Å². The molecule has 0 fully saturated rings. The summed E-state index contributed by atoms with van der Waals surface area (Å²) in [4.78, 5) is 10.9. The highest BCUT2D eigenvalue weighted by molar-refractivity contribution is 7.89. The van der Waals surface area contributed by atoms with Crippen molar-refractivity contribution >= 4 is 27.7 Å². The summed E-state index contributed by atoms with van der Waals surface area (Å²) in [5.41, 5.74) is 3.55. The van der Waals surface area contributed by atoms with E-state index in [1.54, 1.807) is 18.3 Å². The minimum absolute atomic E-state index is 0.0532. The number of hydrogen-bond donors (Lipinski definition) is 2. The molecule has 0 amide bonds. The van der Waals surface area contributed by atoms with E-state index in [0.717, 1.165) is 23.4 Å². The second kappa shape index (κ2) is 8.95. The third-order valence-electron chi connectivity index (χ3n) is 4.08. The lowest BCUT2D eigenvalue weighted by Crippen LogP contribution is -2.11. The van der Waals surface area contributed by atoms with Crippen LogP contribution in [0.2, 0.25) is 0 Å². The monoisotopic (exact) mass is 409 g/mol. The molecule has 0 atom stereocenters. The van der Waals surface area contributed by atoms with Crippen LogP contribution in [0, 0.1) is 0 Å². The van der Waals surface area contributed by atoms with Gasteiger partial charge in [0, 0.05) is 24.0 Å². The van der Waals surface area contributed by atoms with Crippen molar-refractivity contribution in [1.82, 2.24) is 14.9 Å². The zero-order chi connectivity index (χ0) is 20.9. The lowest BCUT2D eigenvalue weighted by atomic mass is 10.1. The first-order chi connectivity index (χ1) is 13.8. The van der Waals surface area contributed by atoms with Crippen molar-refractivity contribution < 1.29 is 8.42 Å². The highest BCUT2D eigenvalue weighted by Gasteiger charge is 2.08. The number of nitrogens with zero attached hydrogens (tertiary/aromatic N) is 3. The molecule has 7 nitrogen and oxygen atoms in total. The highest BCUT2D eigenvalue weighted by Crippen LogP contribution is 2.21. The van der Waals surface area contributed by atoms with Crippen molar-refractivity contribution in [2.75, 3.05) is 26.0 Å². The third kappa shape index (κ3) is 5.95. The summed E-state index contributed by atoms with van der Waals surface area (Å²) < 4.78 is 22.7. The summed E-state index contributed by atoms with van der Waals surface area (Å²) in [5.74, 6) is 0.417. The van der Waals surface area contributed by atoms with Gasteiger partial charge in [-0.1, -0.05) is 36.4 Å². The maximum absolute atomic E-state index is 11.3. The van der Waals surface area contributed by atoms with Gasteiger partial charge in [-0.2, -0.15) is 0 Å². The number of anilines is 2. The number of nitrogens with two attached hydrogens (primary N) is 1. The zero-order valence-corrected chi connectivity index (χ0v) is 17.1. The van der Waals surface area contributed by atoms with Crippen LogP contribution in [0.25, 0.3) is 17.3 Å². The first-order valence-corrected chi connectivity index (χ1v) is 10.5. The number of sulfonamides is 1. The Balaban J connectivity index is 1.73. The maximum Gasteiger partial charge on any atom is 0.238 e. The molecule has 1 heterocycles. The molecule has 0 radical (unpaired) electrons. The molecule has 3 rings (SSSR count). The first kappa shape index (κ1) is 20.7. The number of primary sulfonamides is 1. The lowest BCUT2D eigenvalue weighted by molar-refractivity contribution is 0.457. The molecule has 3 aromatic rings. The van der Waals surface area contributed by atoms with Gasteiger partial charge in [0.15, 0.2) is 0 Å². The van der Waals surface area contributed by atoms with Crippen molar-refractivity contribution in [1.29, 1.82) is 0 Å². The van der Waals surface area contributed by atoms with Gasteiger partial charge < -0.3 is 10.2 Å². The van der Waals surface area contributed by atoms with E-state index in [1.807, 2.05) is 44.4 Å². The van der Waals surface area contributed by atoms with E-state index in [1.165, 1.54) is 12.1 Å². The van der Waals surface area contributed by atoms with E-state index in [4.69, 9.17) is 5.14 Å². The van der Waals surface area contributed by atoms with Crippen LogP contribution in [0.15, 0.2) is 71.8 Å². The average molecular weight is 410 g/mol. The van der Waals surface area contributed by atoms with Gasteiger partial charge in [0.25, 0.3) is 0 Å². The van der Waals surface area contributed by atoms with E-state index >= 15 is 0 Å². The van der Waals surface area contributed by atoms with Crippen LogP contribution < -0.4 is 10.5 Å². The normalized spacial score (nSPS) is 11.9. The van der Waals surface area contributed by atoms with Gasteiger partial charge in [-0.25, -0.2) is 23.5 Å². The van der Waals surface area contributed by atoms with Crippen molar-refractivity contribution in [3.63, 3.8) is 0 Å². The van der Waals surface area contributed by atoms with Gasteiger partial charge in [-0.15, -0.1) is 0 Å². The summed E-state index contributed by atoms with van der Waals surface area (Å²) in [6, 6.07) is 16.1. The molecule has 150 valence electrons. The fourth-order valence-corrected chi connectivity index (χ4v) is 3.12. The molecule has 0 aliphatic heterocycles. The summed E-state index contributed by atoms with van der Waals surface area (Å²) in [7, 11) is 0.345. The minimum Gasteiger partial charge on any atom is -0.324 e. The molecule has 0 unspecified atom stereocenters. The van der Waals surface area contributed by atoms with Gasteiger partial charge in [0.1, 0.15) is 0 Å². The molecule has 29 heavy (non-hydrogen) atoms. The Morgan fingerprint density at radius 2 is 1.72 bits per heavy atom. The predicted molar refractivity (Wildman–Crippen MR) is 116 cm³/mol. The molecule has 0 spiro atoms. The molecule has 3 N–H and O–H groups in total. The summed E-state index contributed by atoms with van der Waals surface area (Å²) >= 11 is 0.